The summed E-state index contributed by atoms with van der Waals surface area (Å²) in [4.78, 5) is 38.2. The molecule has 0 aromatic heterocycles. The van der Waals surface area contributed by atoms with Gasteiger partial charge in [-0.2, -0.15) is 0 Å². The van der Waals surface area contributed by atoms with Crippen molar-refractivity contribution in [3.05, 3.63) is 60.8 Å². The lowest BCUT2D eigenvalue weighted by atomic mass is 10.0. The maximum atomic E-state index is 12.9. The van der Waals surface area contributed by atoms with Crippen LogP contribution in [0.15, 0.2) is 60.8 Å². The van der Waals surface area contributed by atoms with Gasteiger partial charge >= 0.3 is 17.9 Å². The Morgan fingerprint density at radius 1 is 0.282 bits per heavy atom. The van der Waals surface area contributed by atoms with Crippen LogP contribution in [0, 0.1) is 0 Å². The molecule has 0 saturated heterocycles. The smallest absolute Gasteiger partial charge is 0.306 e. The van der Waals surface area contributed by atoms with E-state index in [1.54, 1.807) is 0 Å². The average Bonchev–Trinajstić information content (AvgIpc) is 3.37. The number of unbranched alkanes of at least 4 members (excludes halogenated alkanes) is 35. The number of ether oxygens (including phenoxy) is 3. The maximum Gasteiger partial charge on any atom is 0.306 e. The molecule has 0 saturated carbocycles. The standard InChI is InChI=1S/C65H116O6/c1-4-7-10-13-16-19-22-25-27-29-31-32-34-36-38-41-44-47-50-53-56-59-65(68)71-62(60-69-63(66)57-54-51-48-45-42-39-24-21-18-15-12-9-6-3)61-70-64(67)58-55-52-49-46-43-40-37-35-33-30-28-26-23-20-17-14-11-8-5-2/h17,20,25-28,33,35,40,43,62H,4-16,18-19,21-24,29-32,34,36-39,41-42,44-61H2,1-3H3/b20-17-,27-25-,28-26-,35-33-,43-40-/t62-/m0/s1. The number of hydrogen-bond acceptors (Lipinski definition) is 6. The molecule has 0 heterocycles. The second-order valence-corrected chi connectivity index (χ2v) is 20.6. The summed E-state index contributed by atoms with van der Waals surface area (Å²) >= 11 is 0. The lowest BCUT2D eigenvalue weighted by Crippen LogP contribution is -2.30. The first kappa shape index (κ1) is 68.1. The Morgan fingerprint density at radius 2 is 0.507 bits per heavy atom. The summed E-state index contributed by atoms with van der Waals surface area (Å²) in [5.41, 5.74) is 0. The van der Waals surface area contributed by atoms with E-state index in [2.05, 4.69) is 81.5 Å². The van der Waals surface area contributed by atoms with Crippen molar-refractivity contribution in [3.8, 4) is 0 Å². The van der Waals surface area contributed by atoms with Gasteiger partial charge < -0.3 is 14.2 Å². The van der Waals surface area contributed by atoms with Crippen molar-refractivity contribution in [1.82, 2.24) is 0 Å². The molecule has 0 N–H and O–H groups in total. The van der Waals surface area contributed by atoms with Gasteiger partial charge in [-0.1, -0.05) is 268 Å². The Bertz CT molecular complexity index is 1280. The fourth-order valence-corrected chi connectivity index (χ4v) is 8.83. The highest BCUT2D eigenvalue weighted by Crippen LogP contribution is 2.16. The third-order valence-electron chi connectivity index (χ3n) is 13.5. The number of hydrogen-bond donors (Lipinski definition) is 0. The van der Waals surface area contributed by atoms with Crippen LogP contribution in [0.5, 0.6) is 0 Å². The van der Waals surface area contributed by atoms with Crippen molar-refractivity contribution in [2.24, 2.45) is 0 Å². The van der Waals surface area contributed by atoms with E-state index in [0.29, 0.717) is 19.3 Å². The normalized spacial score (nSPS) is 12.4. The predicted octanol–water partition coefficient (Wildman–Crippen LogP) is 20.8. The third-order valence-corrected chi connectivity index (χ3v) is 13.5. The van der Waals surface area contributed by atoms with Crippen molar-refractivity contribution in [1.29, 1.82) is 0 Å². The molecule has 0 aliphatic carbocycles. The van der Waals surface area contributed by atoms with Crippen LogP contribution in [0.25, 0.3) is 0 Å². The van der Waals surface area contributed by atoms with Gasteiger partial charge in [0.25, 0.3) is 0 Å². The van der Waals surface area contributed by atoms with E-state index in [-0.39, 0.29) is 31.1 Å². The molecular formula is C65H116O6. The van der Waals surface area contributed by atoms with Crippen molar-refractivity contribution in [2.45, 2.75) is 322 Å². The van der Waals surface area contributed by atoms with Gasteiger partial charge in [0.05, 0.1) is 0 Å². The van der Waals surface area contributed by atoms with Crippen molar-refractivity contribution >= 4 is 17.9 Å². The molecule has 1 atom stereocenters. The highest BCUT2D eigenvalue weighted by Gasteiger charge is 2.19. The minimum Gasteiger partial charge on any atom is -0.462 e. The number of rotatable bonds is 56. The van der Waals surface area contributed by atoms with Crippen LogP contribution in [0.3, 0.4) is 0 Å². The quantitative estimate of drug-likeness (QED) is 0.0261. The average molecular weight is 994 g/mol. The van der Waals surface area contributed by atoms with Gasteiger partial charge in [-0.15, -0.1) is 0 Å². The maximum absolute atomic E-state index is 12.9. The lowest BCUT2D eigenvalue weighted by molar-refractivity contribution is -0.167. The molecule has 6 heteroatoms. The summed E-state index contributed by atoms with van der Waals surface area (Å²) in [5, 5.41) is 0. The van der Waals surface area contributed by atoms with E-state index in [1.807, 2.05) is 0 Å². The van der Waals surface area contributed by atoms with Crippen molar-refractivity contribution in [2.75, 3.05) is 13.2 Å². The molecule has 0 aromatic carbocycles. The summed E-state index contributed by atoms with van der Waals surface area (Å²) in [6.45, 7) is 6.62. The first-order valence-corrected chi connectivity index (χ1v) is 30.8. The van der Waals surface area contributed by atoms with E-state index in [4.69, 9.17) is 14.2 Å². The molecule has 0 aliphatic heterocycles. The molecule has 0 bridgehead atoms. The van der Waals surface area contributed by atoms with Gasteiger partial charge in [0.2, 0.25) is 0 Å². The first-order chi connectivity index (χ1) is 35.0. The fraction of sp³-hybridized carbons (Fsp3) is 0.800. The van der Waals surface area contributed by atoms with E-state index in [1.165, 1.54) is 193 Å². The van der Waals surface area contributed by atoms with Crippen LogP contribution >= 0.6 is 0 Å². The second kappa shape index (κ2) is 59.7. The van der Waals surface area contributed by atoms with Crippen LogP contribution in [0.2, 0.25) is 0 Å². The van der Waals surface area contributed by atoms with Crippen LogP contribution in [0.4, 0.5) is 0 Å². The largest absolute Gasteiger partial charge is 0.462 e. The van der Waals surface area contributed by atoms with E-state index in [9.17, 15) is 14.4 Å². The summed E-state index contributed by atoms with van der Waals surface area (Å²) < 4.78 is 16.9. The molecule has 0 amide bonds. The van der Waals surface area contributed by atoms with Gasteiger partial charge in [0, 0.05) is 19.3 Å². The zero-order valence-corrected chi connectivity index (χ0v) is 47.2. The van der Waals surface area contributed by atoms with Gasteiger partial charge in [-0.3, -0.25) is 14.4 Å². The van der Waals surface area contributed by atoms with Gasteiger partial charge in [0.1, 0.15) is 13.2 Å². The molecule has 0 fully saturated rings. The fourth-order valence-electron chi connectivity index (χ4n) is 8.83. The van der Waals surface area contributed by atoms with E-state index in [0.717, 1.165) is 83.5 Å². The topological polar surface area (TPSA) is 78.9 Å². The Morgan fingerprint density at radius 3 is 0.845 bits per heavy atom. The minimum atomic E-state index is -0.786. The Kier molecular flexibility index (Phi) is 57.2. The number of carbonyl (C=O) groups is 3. The first-order valence-electron chi connectivity index (χ1n) is 30.8. The summed E-state index contributed by atoms with van der Waals surface area (Å²) in [7, 11) is 0. The Balaban J connectivity index is 4.38. The minimum absolute atomic E-state index is 0.0816. The Hall–Kier alpha value is -2.89. The van der Waals surface area contributed by atoms with Crippen LogP contribution in [-0.2, 0) is 28.6 Å². The van der Waals surface area contributed by atoms with Gasteiger partial charge in [-0.25, -0.2) is 0 Å². The highest BCUT2D eigenvalue weighted by molar-refractivity contribution is 5.71. The SMILES string of the molecule is CCCCC/C=C\C/C=C\C/C=C\C/C=C\CCCCCC(=O)OC[C@H](COC(=O)CCCCCCCCCCCCCCC)OC(=O)CCCCCCCCCCCCC/C=C\CCCCCCCC. The summed E-state index contributed by atoms with van der Waals surface area (Å²) in [5.74, 6) is -0.899. The van der Waals surface area contributed by atoms with E-state index >= 15 is 0 Å². The van der Waals surface area contributed by atoms with Crippen molar-refractivity contribution in [3.63, 3.8) is 0 Å². The molecule has 412 valence electrons. The van der Waals surface area contributed by atoms with Gasteiger partial charge in [-0.05, 0) is 89.9 Å². The van der Waals surface area contributed by atoms with Crippen LogP contribution in [0.1, 0.15) is 316 Å². The third kappa shape index (κ3) is 57.9. The van der Waals surface area contributed by atoms with E-state index < -0.39 is 6.10 Å². The van der Waals surface area contributed by atoms with Crippen LogP contribution < -0.4 is 0 Å². The predicted molar refractivity (Wildman–Crippen MR) is 307 cm³/mol. The molecule has 0 aromatic rings. The lowest BCUT2D eigenvalue weighted by Gasteiger charge is -2.18. The number of carbonyl (C=O) groups excluding carboxylic acids is 3. The molecule has 6 nitrogen and oxygen atoms in total. The number of esters is 3. The molecule has 0 unspecified atom stereocenters. The highest BCUT2D eigenvalue weighted by atomic mass is 16.6. The van der Waals surface area contributed by atoms with Gasteiger partial charge in [0.15, 0.2) is 6.10 Å². The number of allylic oxidation sites excluding steroid dienone is 10. The molecule has 0 radical (unpaired) electrons. The van der Waals surface area contributed by atoms with Crippen molar-refractivity contribution < 1.29 is 28.6 Å². The summed E-state index contributed by atoms with van der Waals surface area (Å²) in [6.07, 6.45) is 75.0. The molecule has 71 heavy (non-hydrogen) atoms. The van der Waals surface area contributed by atoms with Crippen LogP contribution in [-0.4, -0.2) is 37.2 Å². The Labute approximate surface area is 440 Å². The zero-order chi connectivity index (χ0) is 51.4. The second-order valence-electron chi connectivity index (χ2n) is 20.6. The molecular weight excluding hydrogens is 877 g/mol. The zero-order valence-electron chi connectivity index (χ0n) is 47.2. The molecule has 0 aliphatic rings. The monoisotopic (exact) mass is 993 g/mol. The molecule has 0 spiro atoms. The molecule has 0 rings (SSSR count). The summed E-state index contributed by atoms with van der Waals surface area (Å²) in [6, 6.07) is 0.